The Bertz CT molecular complexity index is 1200. The maximum atomic E-state index is 12.5. The molecule has 2 aromatic heterocycles. The van der Waals surface area contributed by atoms with E-state index in [2.05, 4.69) is 44.1 Å². The smallest absolute Gasteiger partial charge is 0.230 e. The Kier molecular flexibility index (Phi) is 7.67. The van der Waals surface area contributed by atoms with Crippen molar-refractivity contribution in [2.24, 2.45) is 0 Å². The van der Waals surface area contributed by atoms with Crippen molar-refractivity contribution in [2.75, 3.05) is 19.4 Å². The lowest BCUT2D eigenvalue weighted by molar-refractivity contribution is -0.118. The number of amides is 1. The quantitative estimate of drug-likeness (QED) is 0.315. The Morgan fingerprint density at radius 1 is 1.15 bits per heavy atom. The van der Waals surface area contributed by atoms with Crippen LogP contribution in [0.25, 0.3) is 22.3 Å². The van der Waals surface area contributed by atoms with Gasteiger partial charge in [0, 0.05) is 35.8 Å². The van der Waals surface area contributed by atoms with E-state index in [1.165, 1.54) is 22.7 Å². The van der Waals surface area contributed by atoms with E-state index in [0.29, 0.717) is 12.3 Å². The highest BCUT2D eigenvalue weighted by Crippen LogP contribution is 2.26. The first-order chi connectivity index (χ1) is 16.2. The SMILES string of the molecule is CCCCn1c(SCC(=O)NCCc2c[nH]c3ccccc23)nnc1-c1ccc(OC)cc1. The summed E-state index contributed by atoms with van der Waals surface area (Å²) in [5, 5.41) is 13.8. The van der Waals surface area contributed by atoms with Gasteiger partial charge in [-0.15, -0.1) is 10.2 Å². The second-order valence-electron chi connectivity index (χ2n) is 7.79. The lowest BCUT2D eigenvalue weighted by Crippen LogP contribution is -2.27. The number of ether oxygens (including phenoxy) is 1. The molecule has 0 unspecified atom stereocenters. The van der Waals surface area contributed by atoms with E-state index in [1.54, 1.807) is 7.11 Å². The van der Waals surface area contributed by atoms with Crippen LogP contribution in [-0.4, -0.2) is 45.1 Å². The standard InChI is InChI=1S/C25H29N5O2S/c1-3-4-15-30-24(18-9-11-20(32-2)12-10-18)28-29-25(30)33-17-23(31)26-14-13-19-16-27-22-8-6-5-7-21(19)22/h5-12,16,27H,3-4,13-15,17H2,1-2H3,(H,26,31). The van der Waals surface area contributed by atoms with Crippen LogP contribution in [0.15, 0.2) is 59.9 Å². The van der Waals surface area contributed by atoms with Crippen LogP contribution in [0.2, 0.25) is 0 Å². The van der Waals surface area contributed by atoms with Crippen molar-refractivity contribution >= 4 is 28.6 Å². The van der Waals surface area contributed by atoms with Gasteiger partial charge in [0.15, 0.2) is 11.0 Å². The zero-order chi connectivity index (χ0) is 23.0. The average Bonchev–Trinajstić information content (AvgIpc) is 3.45. The zero-order valence-corrected chi connectivity index (χ0v) is 19.8. The Morgan fingerprint density at radius 2 is 1.97 bits per heavy atom. The van der Waals surface area contributed by atoms with Gasteiger partial charge in [0.05, 0.1) is 12.9 Å². The predicted molar refractivity (Wildman–Crippen MR) is 133 cm³/mol. The summed E-state index contributed by atoms with van der Waals surface area (Å²) in [5.74, 6) is 1.92. The normalized spacial score (nSPS) is 11.1. The van der Waals surface area contributed by atoms with E-state index in [0.717, 1.165) is 53.6 Å². The molecule has 0 radical (unpaired) electrons. The molecule has 2 aromatic carbocycles. The minimum Gasteiger partial charge on any atom is -0.497 e. The number of H-pyrrole nitrogens is 1. The first-order valence-corrected chi connectivity index (χ1v) is 12.2. The predicted octanol–water partition coefficient (Wildman–Crippen LogP) is 4.69. The number of benzene rings is 2. The van der Waals surface area contributed by atoms with E-state index in [9.17, 15) is 4.79 Å². The minimum absolute atomic E-state index is 0.00381. The number of unbranched alkanes of at least 4 members (excludes halogenated alkanes) is 1. The first kappa shape index (κ1) is 22.9. The van der Waals surface area contributed by atoms with Gasteiger partial charge in [-0.3, -0.25) is 4.79 Å². The molecule has 8 heteroatoms. The van der Waals surface area contributed by atoms with Crippen LogP contribution >= 0.6 is 11.8 Å². The number of carbonyl (C=O) groups excluding carboxylic acids is 1. The number of fused-ring (bicyclic) bond motifs is 1. The van der Waals surface area contributed by atoms with Crippen molar-refractivity contribution in [3.63, 3.8) is 0 Å². The molecule has 0 atom stereocenters. The first-order valence-electron chi connectivity index (χ1n) is 11.2. The highest BCUT2D eigenvalue weighted by molar-refractivity contribution is 7.99. The molecule has 2 heterocycles. The monoisotopic (exact) mass is 463 g/mol. The summed E-state index contributed by atoms with van der Waals surface area (Å²) in [4.78, 5) is 15.7. The zero-order valence-electron chi connectivity index (χ0n) is 19.0. The summed E-state index contributed by atoms with van der Waals surface area (Å²) in [6.45, 7) is 3.57. The molecule has 0 aliphatic rings. The number of methoxy groups -OCH3 is 1. The summed E-state index contributed by atoms with van der Waals surface area (Å²) in [7, 11) is 1.65. The number of nitrogens with one attached hydrogen (secondary N) is 2. The molecule has 1 amide bonds. The highest BCUT2D eigenvalue weighted by atomic mass is 32.2. The number of thioether (sulfide) groups is 1. The van der Waals surface area contributed by atoms with Crippen LogP contribution in [-0.2, 0) is 17.8 Å². The van der Waals surface area contributed by atoms with E-state index in [1.807, 2.05) is 42.6 Å². The average molecular weight is 464 g/mol. The fourth-order valence-electron chi connectivity index (χ4n) is 3.72. The van der Waals surface area contributed by atoms with Gasteiger partial charge in [0.2, 0.25) is 5.91 Å². The maximum Gasteiger partial charge on any atom is 0.230 e. The minimum atomic E-state index is -0.00381. The largest absolute Gasteiger partial charge is 0.497 e. The van der Waals surface area contributed by atoms with Crippen molar-refractivity contribution in [2.45, 2.75) is 37.9 Å². The van der Waals surface area contributed by atoms with E-state index in [4.69, 9.17) is 4.74 Å². The molecule has 7 nitrogen and oxygen atoms in total. The number of nitrogens with zero attached hydrogens (tertiary/aromatic N) is 3. The summed E-state index contributed by atoms with van der Waals surface area (Å²) < 4.78 is 7.36. The van der Waals surface area contributed by atoms with Crippen LogP contribution in [0.5, 0.6) is 5.75 Å². The summed E-state index contributed by atoms with van der Waals surface area (Å²) in [6, 6.07) is 16.0. The van der Waals surface area contributed by atoms with Gasteiger partial charge < -0.3 is 19.6 Å². The van der Waals surface area contributed by atoms with Crippen LogP contribution in [0.1, 0.15) is 25.3 Å². The molecular formula is C25H29N5O2S. The third kappa shape index (κ3) is 5.57. The number of hydrogen-bond acceptors (Lipinski definition) is 5. The molecule has 0 aliphatic carbocycles. The maximum absolute atomic E-state index is 12.5. The summed E-state index contributed by atoms with van der Waals surface area (Å²) >= 11 is 1.43. The van der Waals surface area contributed by atoms with Crippen molar-refractivity contribution in [3.8, 4) is 17.1 Å². The Hall–Kier alpha value is -3.26. The van der Waals surface area contributed by atoms with E-state index >= 15 is 0 Å². The molecular weight excluding hydrogens is 434 g/mol. The molecule has 0 aliphatic heterocycles. The van der Waals surface area contributed by atoms with Gasteiger partial charge in [-0.2, -0.15) is 0 Å². The van der Waals surface area contributed by atoms with Crippen LogP contribution < -0.4 is 10.1 Å². The Morgan fingerprint density at radius 3 is 2.76 bits per heavy atom. The van der Waals surface area contributed by atoms with Crippen molar-refractivity contribution < 1.29 is 9.53 Å². The van der Waals surface area contributed by atoms with Crippen LogP contribution in [0, 0.1) is 0 Å². The van der Waals surface area contributed by atoms with Gasteiger partial charge in [-0.05, 0) is 48.7 Å². The molecule has 0 spiro atoms. The molecule has 0 fully saturated rings. The molecule has 33 heavy (non-hydrogen) atoms. The van der Waals surface area contributed by atoms with Crippen LogP contribution in [0.4, 0.5) is 0 Å². The van der Waals surface area contributed by atoms with Gasteiger partial charge >= 0.3 is 0 Å². The molecule has 0 bridgehead atoms. The summed E-state index contributed by atoms with van der Waals surface area (Å²) in [5.41, 5.74) is 3.31. The molecule has 172 valence electrons. The van der Waals surface area contributed by atoms with Gasteiger partial charge in [-0.1, -0.05) is 43.3 Å². The molecule has 0 saturated carbocycles. The van der Waals surface area contributed by atoms with Gasteiger partial charge in [0.25, 0.3) is 0 Å². The third-order valence-corrected chi connectivity index (χ3v) is 6.49. The fraction of sp³-hybridized carbons (Fsp3) is 0.320. The third-order valence-electron chi connectivity index (χ3n) is 5.52. The van der Waals surface area contributed by atoms with Crippen LogP contribution in [0.3, 0.4) is 0 Å². The fourth-order valence-corrected chi connectivity index (χ4v) is 4.52. The molecule has 4 aromatic rings. The highest BCUT2D eigenvalue weighted by Gasteiger charge is 2.15. The summed E-state index contributed by atoms with van der Waals surface area (Å²) in [6.07, 6.45) is 4.89. The number of carbonyl (C=O) groups is 1. The number of para-hydroxylation sites is 1. The van der Waals surface area contributed by atoms with Crippen molar-refractivity contribution in [1.82, 2.24) is 25.1 Å². The Balaban J connectivity index is 1.35. The van der Waals surface area contributed by atoms with Gasteiger partial charge in [-0.25, -0.2) is 0 Å². The molecule has 0 saturated heterocycles. The second kappa shape index (κ2) is 11.0. The number of hydrogen-bond donors (Lipinski definition) is 2. The van der Waals surface area contributed by atoms with Crippen molar-refractivity contribution in [3.05, 3.63) is 60.3 Å². The topological polar surface area (TPSA) is 84.8 Å². The van der Waals surface area contributed by atoms with Crippen molar-refractivity contribution in [1.29, 1.82) is 0 Å². The van der Waals surface area contributed by atoms with E-state index < -0.39 is 0 Å². The number of rotatable bonds is 11. The lowest BCUT2D eigenvalue weighted by Gasteiger charge is -2.10. The Labute approximate surface area is 197 Å². The number of aromatic nitrogens is 4. The lowest BCUT2D eigenvalue weighted by atomic mass is 10.1. The number of aromatic amines is 1. The van der Waals surface area contributed by atoms with E-state index in [-0.39, 0.29) is 5.91 Å². The van der Waals surface area contributed by atoms with Gasteiger partial charge in [0.1, 0.15) is 5.75 Å². The molecule has 4 rings (SSSR count). The molecule has 2 N–H and O–H groups in total. The second-order valence-corrected chi connectivity index (χ2v) is 8.73.